The van der Waals surface area contributed by atoms with Crippen molar-refractivity contribution in [1.29, 1.82) is 0 Å². The molecule has 0 unspecified atom stereocenters. The van der Waals surface area contributed by atoms with E-state index in [9.17, 15) is 5.11 Å². The molecule has 0 radical (unpaired) electrons. The fourth-order valence-corrected chi connectivity index (χ4v) is 7.40. The van der Waals surface area contributed by atoms with Gasteiger partial charge in [0, 0.05) is 56.9 Å². The van der Waals surface area contributed by atoms with Gasteiger partial charge in [-0.15, -0.1) is 0 Å². The monoisotopic (exact) mass is 681 g/mol. The van der Waals surface area contributed by atoms with Crippen LogP contribution in [0.2, 0.25) is 0 Å². The van der Waals surface area contributed by atoms with Gasteiger partial charge in [0.25, 0.3) is 0 Å². The number of nitrogens with zero attached hydrogens (tertiary/aromatic N) is 3. The van der Waals surface area contributed by atoms with Crippen molar-refractivity contribution in [2.75, 3.05) is 0 Å². The summed E-state index contributed by atoms with van der Waals surface area (Å²) in [6.45, 7) is 0. The molecular weight excluding hydrogens is 651 g/mol. The van der Waals surface area contributed by atoms with E-state index in [2.05, 4.69) is 120 Å². The number of furan rings is 1. The fourth-order valence-electron chi connectivity index (χ4n) is 7.40. The molecule has 3 heterocycles. The van der Waals surface area contributed by atoms with Gasteiger partial charge in [-0.2, -0.15) is 0 Å². The molecule has 5 heteroatoms. The van der Waals surface area contributed by atoms with Crippen LogP contribution >= 0.6 is 0 Å². The first-order valence-corrected chi connectivity index (χ1v) is 17.6. The van der Waals surface area contributed by atoms with E-state index in [4.69, 9.17) is 14.4 Å². The zero-order valence-electron chi connectivity index (χ0n) is 28.5. The summed E-state index contributed by atoms with van der Waals surface area (Å²) >= 11 is 0. The number of benzene rings is 7. The molecule has 10 aromatic rings. The molecule has 250 valence electrons. The minimum Gasteiger partial charge on any atom is -0.507 e. The first kappa shape index (κ1) is 30.6. The van der Waals surface area contributed by atoms with Crippen molar-refractivity contribution >= 4 is 32.7 Å². The van der Waals surface area contributed by atoms with Gasteiger partial charge >= 0.3 is 0 Å². The largest absolute Gasteiger partial charge is 0.507 e. The standard InChI is InChI=1S/C48H31N3O2/c52-44-28-46-40(39-21-9-10-24-45(39)53-46)27-41(44)48-50-43(35-20-11-19-34(25-35)42-26-33-17-7-8-18-36(33)29-49-42)30-51(48)47-37(31-13-3-1-4-14-31)22-12-23-38(47)32-15-5-2-6-16-32/h1-30,52H. The van der Waals surface area contributed by atoms with Gasteiger partial charge in [-0.25, -0.2) is 4.98 Å². The first-order chi connectivity index (χ1) is 26.2. The number of fused-ring (bicyclic) bond motifs is 4. The molecule has 0 bridgehead atoms. The highest BCUT2D eigenvalue weighted by Gasteiger charge is 2.23. The van der Waals surface area contributed by atoms with E-state index in [0.717, 1.165) is 77.6 Å². The van der Waals surface area contributed by atoms with Crippen LogP contribution in [0.3, 0.4) is 0 Å². The van der Waals surface area contributed by atoms with Gasteiger partial charge in [0.05, 0.1) is 22.6 Å². The van der Waals surface area contributed by atoms with Gasteiger partial charge in [-0.05, 0) is 40.8 Å². The van der Waals surface area contributed by atoms with E-state index in [1.54, 1.807) is 6.07 Å². The van der Waals surface area contributed by atoms with Crippen LogP contribution in [-0.4, -0.2) is 19.6 Å². The minimum absolute atomic E-state index is 0.0857. The summed E-state index contributed by atoms with van der Waals surface area (Å²) in [4.78, 5) is 10.2. The highest BCUT2D eigenvalue weighted by molar-refractivity contribution is 6.07. The summed E-state index contributed by atoms with van der Waals surface area (Å²) in [6, 6.07) is 57.6. The van der Waals surface area contributed by atoms with E-state index in [1.165, 1.54) is 0 Å². The Hall–Kier alpha value is -7.24. The lowest BCUT2D eigenvalue weighted by Crippen LogP contribution is -2.02. The summed E-state index contributed by atoms with van der Waals surface area (Å²) in [5.41, 5.74) is 10.8. The lowest BCUT2D eigenvalue weighted by molar-refractivity contribution is 0.476. The number of hydrogen-bond acceptors (Lipinski definition) is 4. The van der Waals surface area contributed by atoms with E-state index in [0.29, 0.717) is 17.0 Å². The van der Waals surface area contributed by atoms with Crippen LogP contribution < -0.4 is 0 Å². The third kappa shape index (κ3) is 5.34. The van der Waals surface area contributed by atoms with E-state index in [1.807, 2.05) is 60.8 Å². The molecule has 53 heavy (non-hydrogen) atoms. The average molecular weight is 682 g/mol. The van der Waals surface area contributed by atoms with Crippen molar-refractivity contribution in [2.45, 2.75) is 0 Å². The topological polar surface area (TPSA) is 64.1 Å². The predicted octanol–water partition coefficient (Wildman–Crippen LogP) is 12.4. The van der Waals surface area contributed by atoms with Crippen LogP contribution in [0.15, 0.2) is 187 Å². The van der Waals surface area contributed by atoms with Crippen LogP contribution in [-0.2, 0) is 0 Å². The Balaban J connectivity index is 1.24. The summed E-state index contributed by atoms with van der Waals surface area (Å²) in [6.07, 6.45) is 4.02. The summed E-state index contributed by atoms with van der Waals surface area (Å²) in [5.74, 6) is 0.696. The second-order valence-electron chi connectivity index (χ2n) is 13.2. The Kier molecular flexibility index (Phi) is 7.22. The fraction of sp³-hybridized carbons (Fsp3) is 0. The number of phenols is 1. The number of rotatable bonds is 6. The second kappa shape index (κ2) is 12.5. The molecule has 0 spiro atoms. The molecule has 0 aliphatic heterocycles. The Bertz CT molecular complexity index is 2900. The normalized spacial score (nSPS) is 11.5. The van der Waals surface area contributed by atoms with Gasteiger partial charge in [-0.3, -0.25) is 9.55 Å². The number of imidazole rings is 1. The van der Waals surface area contributed by atoms with Gasteiger partial charge in [-0.1, -0.05) is 140 Å². The summed E-state index contributed by atoms with van der Waals surface area (Å²) < 4.78 is 8.30. The highest BCUT2D eigenvalue weighted by Crippen LogP contribution is 2.43. The predicted molar refractivity (Wildman–Crippen MR) is 215 cm³/mol. The number of aromatic hydroxyl groups is 1. The number of pyridine rings is 1. The zero-order chi connectivity index (χ0) is 35.3. The molecule has 0 atom stereocenters. The Morgan fingerprint density at radius 2 is 1.09 bits per heavy atom. The maximum atomic E-state index is 11.8. The minimum atomic E-state index is 0.0857. The van der Waals surface area contributed by atoms with E-state index >= 15 is 0 Å². The van der Waals surface area contributed by atoms with Gasteiger partial charge < -0.3 is 9.52 Å². The summed E-state index contributed by atoms with van der Waals surface area (Å²) in [5, 5.41) is 15.9. The van der Waals surface area contributed by atoms with Gasteiger partial charge in [0.2, 0.25) is 0 Å². The van der Waals surface area contributed by atoms with Crippen molar-refractivity contribution in [2.24, 2.45) is 0 Å². The molecule has 0 saturated heterocycles. The van der Waals surface area contributed by atoms with E-state index < -0.39 is 0 Å². The number of para-hydroxylation sites is 2. The molecule has 1 N–H and O–H groups in total. The van der Waals surface area contributed by atoms with Crippen molar-refractivity contribution < 1.29 is 9.52 Å². The van der Waals surface area contributed by atoms with Crippen molar-refractivity contribution in [3.8, 4) is 67.6 Å². The van der Waals surface area contributed by atoms with Crippen LogP contribution in [0.1, 0.15) is 0 Å². The number of hydrogen-bond donors (Lipinski definition) is 1. The zero-order valence-corrected chi connectivity index (χ0v) is 28.5. The lowest BCUT2D eigenvalue weighted by Gasteiger charge is -2.19. The van der Waals surface area contributed by atoms with Gasteiger partial charge in [0.1, 0.15) is 22.7 Å². The van der Waals surface area contributed by atoms with E-state index in [-0.39, 0.29) is 5.75 Å². The van der Waals surface area contributed by atoms with Crippen LogP contribution in [0.4, 0.5) is 0 Å². The molecule has 0 amide bonds. The van der Waals surface area contributed by atoms with Gasteiger partial charge in [0.15, 0.2) is 0 Å². The van der Waals surface area contributed by atoms with Crippen molar-refractivity contribution in [3.05, 3.63) is 182 Å². The third-order valence-electron chi connectivity index (χ3n) is 9.97. The first-order valence-electron chi connectivity index (χ1n) is 17.6. The molecule has 0 fully saturated rings. The lowest BCUT2D eigenvalue weighted by atomic mass is 9.95. The molecule has 10 rings (SSSR count). The molecule has 5 nitrogen and oxygen atoms in total. The Morgan fingerprint density at radius 1 is 0.472 bits per heavy atom. The second-order valence-corrected chi connectivity index (χ2v) is 13.2. The highest BCUT2D eigenvalue weighted by atomic mass is 16.3. The molecule has 0 aliphatic rings. The number of phenolic OH excluding ortho intramolecular Hbond substituents is 1. The summed E-state index contributed by atoms with van der Waals surface area (Å²) in [7, 11) is 0. The molecule has 3 aromatic heterocycles. The van der Waals surface area contributed by atoms with Crippen molar-refractivity contribution in [3.63, 3.8) is 0 Å². The van der Waals surface area contributed by atoms with Crippen LogP contribution in [0.25, 0.3) is 94.6 Å². The Labute approximate surface area is 305 Å². The molecular formula is C48H31N3O2. The molecule has 0 saturated carbocycles. The van der Waals surface area contributed by atoms with Crippen LogP contribution in [0, 0.1) is 0 Å². The number of aromatic nitrogens is 3. The maximum Gasteiger partial charge on any atom is 0.149 e. The quantitative estimate of drug-likeness (QED) is 0.190. The smallest absolute Gasteiger partial charge is 0.149 e. The van der Waals surface area contributed by atoms with Crippen LogP contribution in [0.5, 0.6) is 5.75 Å². The maximum absolute atomic E-state index is 11.8. The average Bonchev–Trinajstić information content (AvgIpc) is 3.82. The molecule has 7 aromatic carbocycles. The molecule has 0 aliphatic carbocycles. The third-order valence-corrected chi connectivity index (χ3v) is 9.97. The SMILES string of the molecule is Oc1cc2oc3ccccc3c2cc1-c1nc(-c2cccc(-c3cc4ccccc4cn3)c2)cn1-c1c(-c2ccccc2)cccc1-c1ccccc1. The van der Waals surface area contributed by atoms with Crippen molar-refractivity contribution in [1.82, 2.24) is 14.5 Å². The Morgan fingerprint density at radius 3 is 1.85 bits per heavy atom.